The molecule has 0 unspecified atom stereocenters. The Kier molecular flexibility index (Phi) is 7.11. The molecule has 0 saturated heterocycles. The molecule has 11 nitrogen and oxygen atoms in total. The molecule has 43 heavy (non-hydrogen) atoms. The van der Waals surface area contributed by atoms with Crippen LogP contribution in [0.2, 0.25) is 0 Å². The first kappa shape index (κ1) is 27.3. The smallest absolute Gasteiger partial charge is 0.264 e. The van der Waals surface area contributed by atoms with Crippen LogP contribution in [0.4, 0.5) is 0 Å². The fourth-order valence-corrected chi connectivity index (χ4v) is 5.01. The number of fused-ring (bicyclic) bond motifs is 2. The third-order valence-electron chi connectivity index (χ3n) is 7.03. The molecule has 1 amide bonds. The van der Waals surface area contributed by atoms with Gasteiger partial charge in [0.2, 0.25) is 0 Å². The van der Waals surface area contributed by atoms with Crippen molar-refractivity contribution in [3.8, 4) is 17.5 Å². The number of rotatable bonds is 5. The molecule has 4 aromatic heterocycles. The average Bonchev–Trinajstić information content (AvgIpc) is 3.63. The lowest BCUT2D eigenvalue weighted by atomic mass is 10.0. The van der Waals surface area contributed by atoms with Gasteiger partial charge in [-0.1, -0.05) is 42.2 Å². The fourth-order valence-electron chi connectivity index (χ4n) is 5.01. The Bertz CT molecular complexity index is 2150. The largest absolute Gasteiger partial charge is 0.344 e. The monoisotopic (exact) mass is 570 g/mol. The normalized spacial score (nSPS) is 11.7. The number of pyridine rings is 1. The molecular formula is C32H26N8O3. The van der Waals surface area contributed by atoms with Gasteiger partial charge in [0, 0.05) is 35.5 Å². The van der Waals surface area contributed by atoms with E-state index in [0.29, 0.717) is 50.2 Å². The second-order valence-electron chi connectivity index (χ2n) is 9.88. The Balaban J connectivity index is 1.45. The number of carbonyl (C=O) groups is 2. The van der Waals surface area contributed by atoms with E-state index >= 15 is 0 Å². The van der Waals surface area contributed by atoms with Gasteiger partial charge in [-0.05, 0) is 49.6 Å². The number of aromatic nitrogens is 6. The van der Waals surface area contributed by atoms with Crippen LogP contribution in [0.15, 0.2) is 90.2 Å². The maximum absolute atomic E-state index is 14.2. The standard InChI is InChI=1S/C32H26N8O3/c1-20(36-31(42)28-21(2)37-38-15-7-14-34-30(28)38)26-16-24-9-6-8-23(13-12-22-18-35-39(19-22)27(41)17-33)29(24)32(43)40(26)25-10-4-3-5-11-25/h3-11,14-16,18-20H,17,33H2,1-2H3,(H,36,42)/t20-/m0/s1. The van der Waals surface area contributed by atoms with E-state index < -0.39 is 6.04 Å². The summed E-state index contributed by atoms with van der Waals surface area (Å²) in [5, 5.41) is 12.5. The highest BCUT2D eigenvalue weighted by Crippen LogP contribution is 2.24. The molecule has 0 bridgehead atoms. The fraction of sp³-hybridized carbons (Fsp3) is 0.125. The Morgan fingerprint density at radius 1 is 1.07 bits per heavy atom. The molecule has 2 aromatic carbocycles. The third-order valence-corrected chi connectivity index (χ3v) is 7.03. The predicted octanol–water partition coefficient (Wildman–Crippen LogP) is 3.03. The van der Waals surface area contributed by atoms with Crippen molar-refractivity contribution >= 4 is 28.2 Å². The highest BCUT2D eigenvalue weighted by Gasteiger charge is 2.23. The molecule has 6 rings (SSSR count). The first-order valence-corrected chi connectivity index (χ1v) is 13.5. The number of aryl methyl sites for hydroxylation is 1. The molecule has 0 aliphatic carbocycles. The second kappa shape index (κ2) is 11.2. The van der Waals surface area contributed by atoms with Crippen LogP contribution >= 0.6 is 0 Å². The summed E-state index contributed by atoms with van der Waals surface area (Å²) in [6.45, 7) is 3.41. The Morgan fingerprint density at radius 3 is 2.67 bits per heavy atom. The summed E-state index contributed by atoms with van der Waals surface area (Å²) in [4.78, 5) is 43.9. The van der Waals surface area contributed by atoms with Gasteiger partial charge < -0.3 is 11.1 Å². The lowest BCUT2D eigenvalue weighted by Crippen LogP contribution is -2.32. The average molecular weight is 571 g/mol. The molecule has 6 aromatic rings. The maximum Gasteiger partial charge on any atom is 0.264 e. The lowest BCUT2D eigenvalue weighted by molar-refractivity contribution is 0.0906. The quantitative estimate of drug-likeness (QED) is 0.304. The van der Waals surface area contributed by atoms with Gasteiger partial charge in [0.05, 0.1) is 35.4 Å². The van der Waals surface area contributed by atoms with Crippen LogP contribution in [0.5, 0.6) is 0 Å². The molecule has 4 heterocycles. The Labute approximate surface area is 245 Å². The van der Waals surface area contributed by atoms with Crippen molar-refractivity contribution in [2.45, 2.75) is 19.9 Å². The summed E-state index contributed by atoms with van der Waals surface area (Å²) >= 11 is 0. The SMILES string of the molecule is Cc1nn2cccnc2c1C(=O)N[C@@H](C)c1cc2cccc(C#Cc3cnn(C(=O)CN)c3)c2c(=O)n1-c1ccccc1. The molecule has 0 fully saturated rings. The number of nitrogens with two attached hydrogens (primary N) is 1. The number of nitrogens with zero attached hydrogens (tertiary/aromatic N) is 6. The molecule has 1 atom stereocenters. The molecule has 212 valence electrons. The first-order valence-electron chi connectivity index (χ1n) is 13.5. The summed E-state index contributed by atoms with van der Waals surface area (Å²) in [6.07, 6.45) is 6.31. The molecular weight excluding hydrogens is 544 g/mol. The number of hydrogen-bond acceptors (Lipinski definition) is 7. The topological polar surface area (TPSA) is 142 Å². The predicted molar refractivity (Wildman–Crippen MR) is 161 cm³/mol. The molecule has 0 spiro atoms. The van der Waals surface area contributed by atoms with E-state index in [1.54, 1.807) is 40.5 Å². The van der Waals surface area contributed by atoms with Crippen LogP contribution in [0.25, 0.3) is 22.1 Å². The van der Waals surface area contributed by atoms with Crippen molar-refractivity contribution in [1.82, 2.24) is 34.3 Å². The van der Waals surface area contributed by atoms with Crippen molar-refractivity contribution in [3.63, 3.8) is 0 Å². The van der Waals surface area contributed by atoms with Crippen molar-refractivity contribution in [2.75, 3.05) is 6.54 Å². The van der Waals surface area contributed by atoms with Gasteiger partial charge in [-0.2, -0.15) is 10.2 Å². The number of amides is 1. The number of benzene rings is 2. The minimum atomic E-state index is -0.566. The molecule has 11 heteroatoms. The summed E-state index contributed by atoms with van der Waals surface area (Å²) in [7, 11) is 0. The summed E-state index contributed by atoms with van der Waals surface area (Å²) in [5.74, 6) is 5.36. The maximum atomic E-state index is 14.2. The van der Waals surface area contributed by atoms with Crippen LogP contribution in [0.1, 0.15) is 50.6 Å². The van der Waals surface area contributed by atoms with Crippen LogP contribution in [0, 0.1) is 18.8 Å². The van der Waals surface area contributed by atoms with E-state index in [-0.39, 0.29) is 23.9 Å². The second-order valence-corrected chi connectivity index (χ2v) is 9.88. The number of para-hydroxylation sites is 1. The zero-order chi connectivity index (χ0) is 30.1. The summed E-state index contributed by atoms with van der Waals surface area (Å²) in [6, 6.07) is 17.7. The third kappa shape index (κ3) is 5.07. The zero-order valence-electron chi connectivity index (χ0n) is 23.4. The zero-order valence-corrected chi connectivity index (χ0v) is 23.4. The van der Waals surface area contributed by atoms with E-state index in [9.17, 15) is 14.4 Å². The molecule has 3 N–H and O–H groups in total. The van der Waals surface area contributed by atoms with Crippen LogP contribution in [0.3, 0.4) is 0 Å². The number of carbonyl (C=O) groups excluding carboxylic acids is 2. The van der Waals surface area contributed by atoms with E-state index in [2.05, 4.69) is 32.3 Å². The van der Waals surface area contributed by atoms with E-state index in [4.69, 9.17) is 5.73 Å². The highest BCUT2D eigenvalue weighted by molar-refractivity contribution is 6.01. The van der Waals surface area contributed by atoms with E-state index in [1.165, 1.54) is 12.4 Å². The van der Waals surface area contributed by atoms with Gasteiger partial charge in [0.25, 0.3) is 17.4 Å². The van der Waals surface area contributed by atoms with Gasteiger partial charge >= 0.3 is 0 Å². The minimum Gasteiger partial charge on any atom is -0.344 e. The summed E-state index contributed by atoms with van der Waals surface area (Å²) in [5.41, 5.74) is 8.75. The molecule has 0 radical (unpaired) electrons. The van der Waals surface area contributed by atoms with Crippen LogP contribution in [-0.4, -0.2) is 47.3 Å². The van der Waals surface area contributed by atoms with Gasteiger partial charge in [-0.3, -0.25) is 19.0 Å². The number of hydrogen-bond donors (Lipinski definition) is 2. The van der Waals surface area contributed by atoms with Gasteiger partial charge in [-0.15, -0.1) is 0 Å². The number of nitrogens with one attached hydrogen (secondary N) is 1. The summed E-state index contributed by atoms with van der Waals surface area (Å²) < 4.78 is 4.30. The van der Waals surface area contributed by atoms with E-state index in [0.717, 1.165) is 4.68 Å². The Hall–Kier alpha value is -5.86. The van der Waals surface area contributed by atoms with Gasteiger partial charge in [0.15, 0.2) is 5.65 Å². The molecule has 0 aliphatic rings. The van der Waals surface area contributed by atoms with Crippen LogP contribution < -0.4 is 16.6 Å². The minimum absolute atomic E-state index is 0.173. The first-order chi connectivity index (χ1) is 20.9. The van der Waals surface area contributed by atoms with Gasteiger partial charge in [0.1, 0.15) is 5.56 Å². The highest BCUT2D eigenvalue weighted by atomic mass is 16.2. The lowest BCUT2D eigenvalue weighted by Gasteiger charge is -2.21. The van der Waals surface area contributed by atoms with Crippen molar-refractivity contribution in [3.05, 3.63) is 124 Å². The Morgan fingerprint density at radius 2 is 1.88 bits per heavy atom. The van der Waals surface area contributed by atoms with Crippen molar-refractivity contribution < 1.29 is 9.59 Å². The van der Waals surface area contributed by atoms with E-state index in [1.807, 2.05) is 55.5 Å². The van der Waals surface area contributed by atoms with Gasteiger partial charge in [-0.25, -0.2) is 14.2 Å². The molecule has 0 saturated carbocycles. The van der Waals surface area contributed by atoms with Crippen molar-refractivity contribution in [1.29, 1.82) is 0 Å². The molecule has 0 aliphatic heterocycles. The van der Waals surface area contributed by atoms with Crippen LogP contribution in [-0.2, 0) is 0 Å². The van der Waals surface area contributed by atoms with Crippen molar-refractivity contribution in [2.24, 2.45) is 5.73 Å².